The van der Waals surface area contributed by atoms with Gasteiger partial charge in [-0.25, -0.2) is 4.79 Å². The van der Waals surface area contributed by atoms with Gasteiger partial charge in [0.15, 0.2) is 0 Å². The standard InChI is InChI=1S/C13H16N2O3S/c1-15(2)6-8-9(16)5-4-7-10(13(17)18-3)12(14)19-11(7)8/h4-5,16H,6,14H2,1-3H3. The molecule has 0 aliphatic rings. The third kappa shape index (κ3) is 2.36. The van der Waals surface area contributed by atoms with Gasteiger partial charge >= 0.3 is 5.97 Å². The Morgan fingerprint density at radius 2 is 2.16 bits per heavy atom. The molecule has 3 N–H and O–H groups in total. The van der Waals surface area contributed by atoms with Gasteiger partial charge in [0.05, 0.1) is 7.11 Å². The number of hydrogen-bond acceptors (Lipinski definition) is 6. The molecule has 1 aromatic heterocycles. The predicted octanol–water partition coefficient (Wildman–Crippen LogP) is 2.04. The van der Waals surface area contributed by atoms with Crippen LogP contribution in [0.25, 0.3) is 10.1 Å². The highest BCUT2D eigenvalue weighted by Gasteiger charge is 2.21. The number of carbonyl (C=O) groups excluding carboxylic acids is 1. The fraction of sp³-hybridized carbons (Fsp3) is 0.308. The molecule has 6 heteroatoms. The van der Waals surface area contributed by atoms with Crippen LogP contribution in [-0.2, 0) is 11.3 Å². The number of nitrogens with two attached hydrogens (primary N) is 1. The quantitative estimate of drug-likeness (QED) is 0.841. The van der Waals surface area contributed by atoms with Crippen molar-refractivity contribution in [1.29, 1.82) is 0 Å². The number of rotatable bonds is 3. The average molecular weight is 280 g/mol. The Labute approximate surface area is 115 Å². The Morgan fingerprint density at radius 1 is 1.47 bits per heavy atom. The van der Waals surface area contributed by atoms with Crippen molar-refractivity contribution >= 4 is 32.4 Å². The Morgan fingerprint density at radius 3 is 2.74 bits per heavy atom. The van der Waals surface area contributed by atoms with E-state index in [1.165, 1.54) is 18.4 Å². The van der Waals surface area contributed by atoms with Crippen LogP contribution >= 0.6 is 11.3 Å². The lowest BCUT2D eigenvalue weighted by Gasteiger charge is -2.12. The number of benzene rings is 1. The van der Waals surface area contributed by atoms with Crippen molar-refractivity contribution in [2.24, 2.45) is 0 Å². The van der Waals surface area contributed by atoms with Gasteiger partial charge in [-0.15, -0.1) is 11.3 Å². The SMILES string of the molecule is COC(=O)c1c(N)sc2c(CN(C)C)c(O)ccc12. The molecule has 0 saturated carbocycles. The number of ether oxygens (including phenoxy) is 1. The van der Waals surface area contributed by atoms with E-state index < -0.39 is 5.97 Å². The van der Waals surface area contributed by atoms with Crippen LogP contribution in [-0.4, -0.2) is 37.2 Å². The zero-order valence-corrected chi connectivity index (χ0v) is 11.9. The van der Waals surface area contributed by atoms with Crippen LogP contribution in [0.2, 0.25) is 0 Å². The highest BCUT2D eigenvalue weighted by molar-refractivity contribution is 7.23. The van der Waals surface area contributed by atoms with Crippen molar-refractivity contribution in [3.8, 4) is 5.75 Å². The summed E-state index contributed by atoms with van der Waals surface area (Å²) in [6.07, 6.45) is 0. The molecule has 0 fully saturated rings. The monoisotopic (exact) mass is 280 g/mol. The number of thiophene rings is 1. The van der Waals surface area contributed by atoms with Gasteiger partial charge in [0.1, 0.15) is 16.3 Å². The maximum atomic E-state index is 11.8. The first-order chi connectivity index (χ1) is 8.95. The molecule has 0 bridgehead atoms. The van der Waals surface area contributed by atoms with Crippen molar-refractivity contribution in [3.05, 3.63) is 23.3 Å². The lowest BCUT2D eigenvalue weighted by atomic mass is 10.1. The summed E-state index contributed by atoms with van der Waals surface area (Å²) in [6, 6.07) is 3.28. The first-order valence-electron chi connectivity index (χ1n) is 5.71. The van der Waals surface area contributed by atoms with Crippen LogP contribution in [0, 0.1) is 0 Å². The van der Waals surface area contributed by atoms with Crippen LogP contribution in [0.4, 0.5) is 5.00 Å². The summed E-state index contributed by atoms with van der Waals surface area (Å²) >= 11 is 1.30. The van der Waals surface area contributed by atoms with Gasteiger partial charge in [-0.2, -0.15) is 0 Å². The first kappa shape index (κ1) is 13.6. The Bertz CT molecular complexity index is 634. The van der Waals surface area contributed by atoms with Crippen LogP contribution in [0.3, 0.4) is 0 Å². The molecular weight excluding hydrogens is 264 g/mol. The summed E-state index contributed by atoms with van der Waals surface area (Å²) in [5.41, 5.74) is 7.05. The molecule has 0 saturated heterocycles. The van der Waals surface area contributed by atoms with Crippen LogP contribution < -0.4 is 5.73 Å². The van der Waals surface area contributed by atoms with E-state index >= 15 is 0 Å². The number of aromatic hydroxyl groups is 1. The molecule has 2 rings (SSSR count). The molecule has 1 heterocycles. The molecule has 0 spiro atoms. The molecule has 2 aromatic rings. The number of phenols is 1. The number of nitrogens with zero attached hydrogens (tertiary/aromatic N) is 1. The number of anilines is 1. The minimum Gasteiger partial charge on any atom is -0.508 e. The Kier molecular flexibility index (Phi) is 3.64. The van der Waals surface area contributed by atoms with Crippen molar-refractivity contribution in [2.45, 2.75) is 6.54 Å². The van der Waals surface area contributed by atoms with Gasteiger partial charge in [-0.1, -0.05) is 0 Å². The van der Waals surface area contributed by atoms with Gasteiger partial charge in [0.25, 0.3) is 0 Å². The summed E-state index contributed by atoms with van der Waals surface area (Å²) in [5.74, 6) is -0.246. The molecular formula is C13H16N2O3S. The van der Waals surface area contributed by atoms with Gasteiger partial charge in [0.2, 0.25) is 0 Å². The second-order valence-corrected chi connectivity index (χ2v) is 5.56. The predicted molar refractivity (Wildman–Crippen MR) is 76.6 cm³/mol. The molecule has 0 aliphatic heterocycles. The van der Waals surface area contributed by atoms with E-state index in [9.17, 15) is 9.90 Å². The second-order valence-electron chi connectivity index (χ2n) is 4.51. The fourth-order valence-electron chi connectivity index (χ4n) is 2.01. The van der Waals surface area contributed by atoms with Crippen LogP contribution in [0.1, 0.15) is 15.9 Å². The van der Waals surface area contributed by atoms with E-state index in [2.05, 4.69) is 0 Å². The normalized spacial score (nSPS) is 11.2. The minimum absolute atomic E-state index is 0.207. The van der Waals surface area contributed by atoms with E-state index in [1.54, 1.807) is 12.1 Å². The van der Waals surface area contributed by atoms with E-state index in [0.717, 1.165) is 15.6 Å². The minimum atomic E-state index is -0.453. The van der Waals surface area contributed by atoms with Crippen molar-refractivity contribution in [3.63, 3.8) is 0 Å². The number of phenolic OH excluding ortho intramolecular Hbond substituents is 1. The number of nitrogen functional groups attached to an aromatic ring is 1. The molecule has 0 amide bonds. The van der Waals surface area contributed by atoms with E-state index in [4.69, 9.17) is 10.5 Å². The summed E-state index contributed by atoms with van der Waals surface area (Å²) < 4.78 is 5.58. The Hall–Kier alpha value is -1.79. The van der Waals surface area contributed by atoms with E-state index in [-0.39, 0.29) is 5.75 Å². The molecule has 0 unspecified atom stereocenters. The van der Waals surface area contributed by atoms with Crippen molar-refractivity contribution in [1.82, 2.24) is 4.90 Å². The topological polar surface area (TPSA) is 75.8 Å². The third-order valence-corrected chi connectivity index (χ3v) is 3.92. The van der Waals surface area contributed by atoms with Gasteiger partial charge in [-0.05, 0) is 26.2 Å². The molecule has 0 atom stereocenters. The average Bonchev–Trinajstić information content (AvgIpc) is 2.68. The summed E-state index contributed by atoms with van der Waals surface area (Å²) in [7, 11) is 5.15. The lowest BCUT2D eigenvalue weighted by molar-refractivity contribution is 0.0604. The summed E-state index contributed by atoms with van der Waals surface area (Å²) in [5, 5.41) is 11.1. The molecule has 1 aromatic carbocycles. The lowest BCUT2D eigenvalue weighted by Crippen LogP contribution is -2.10. The zero-order valence-electron chi connectivity index (χ0n) is 11.1. The number of methoxy groups -OCH3 is 1. The smallest absolute Gasteiger partial charge is 0.341 e. The molecule has 102 valence electrons. The molecule has 5 nitrogen and oxygen atoms in total. The number of carbonyl (C=O) groups is 1. The van der Waals surface area contributed by atoms with Crippen molar-refractivity contribution in [2.75, 3.05) is 26.9 Å². The number of esters is 1. The van der Waals surface area contributed by atoms with Gasteiger partial charge < -0.3 is 20.5 Å². The Balaban J connectivity index is 2.71. The summed E-state index contributed by atoms with van der Waals surface area (Å²) in [6.45, 7) is 0.573. The van der Waals surface area contributed by atoms with Gasteiger partial charge in [-0.3, -0.25) is 0 Å². The summed E-state index contributed by atoms with van der Waals surface area (Å²) in [4.78, 5) is 13.7. The van der Waals surface area contributed by atoms with Gasteiger partial charge in [0, 0.05) is 22.2 Å². The van der Waals surface area contributed by atoms with E-state index in [1.807, 2.05) is 19.0 Å². The van der Waals surface area contributed by atoms with E-state index in [0.29, 0.717) is 17.1 Å². The zero-order chi connectivity index (χ0) is 14.2. The first-order valence-corrected chi connectivity index (χ1v) is 6.53. The van der Waals surface area contributed by atoms with Crippen LogP contribution in [0.5, 0.6) is 5.75 Å². The van der Waals surface area contributed by atoms with Crippen LogP contribution in [0.15, 0.2) is 12.1 Å². The fourth-order valence-corrected chi connectivity index (χ4v) is 3.09. The maximum Gasteiger partial charge on any atom is 0.341 e. The highest BCUT2D eigenvalue weighted by atomic mass is 32.1. The maximum absolute atomic E-state index is 11.8. The molecule has 0 aliphatic carbocycles. The number of fused-ring (bicyclic) bond motifs is 1. The second kappa shape index (κ2) is 5.07. The molecule has 0 radical (unpaired) electrons. The number of hydrogen-bond donors (Lipinski definition) is 2. The molecule has 19 heavy (non-hydrogen) atoms. The largest absolute Gasteiger partial charge is 0.508 e. The van der Waals surface area contributed by atoms with Crippen molar-refractivity contribution < 1.29 is 14.6 Å². The highest BCUT2D eigenvalue weighted by Crippen LogP contribution is 2.39. The third-order valence-electron chi connectivity index (χ3n) is 2.83.